The number of unbranched alkanes of at least 4 members (excludes halogenated alkanes) is 19. The van der Waals surface area contributed by atoms with E-state index in [1.807, 2.05) is 0 Å². The van der Waals surface area contributed by atoms with Crippen LogP contribution in [-0.2, 0) is 39.3 Å². The van der Waals surface area contributed by atoms with E-state index in [2.05, 4.69) is 13.8 Å². The molecule has 0 saturated heterocycles. The molecule has 0 aliphatic carbocycles. The minimum atomic E-state index is -4.56. The number of hydrogen-bond donors (Lipinski definition) is 0. The fourth-order valence-electron chi connectivity index (χ4n) is 5.56. The third-order valence-corrected chi connectivity index (χ3v) is 9.71. The van der Waals surface area contributed by atoms with E-state index in [-0.39, 0.29) is 84.8 Å². The standard InChI is InChI=1S/C34H66O10S2.2Na/c1-3-5-7-9-11-13-15-17-19-21-25-31(29-45(37,38)39)43-33(35)27-23-24-28-34(36)44-32(30-46(40,41)42)26-22-20-18-16-14-12-10-8-6-4-2;;/h31-32H,3-30H2,1-2H3,(H,37,38,39)(H,40,41,42);;/q;2*+1/p-2. The SMILES string of the molecule is CCCCCCCCCCCCC(CS(=O)(=O)[O-])OC(=O)CCCCC(=O)OC(CCCCCCCCCCCC)CS(=O)(=O)[O-].[Na+].[Na+]. The first kappa shape index (κ1) is 53.1. The van der Waals surface area contributed by atoms with E-state index in [1.54, 1.807) is 0 Å². The Morgan fingerprint density at radius 2 is 0.708 bits per heavy atom. The fraction of sp³-hybridized carbons (Fsp3) is 0.941. The van der Waals surface area contributed by atoms with Gasteiger partial charge in [-0.05, 0) is 38.5 Å². The van der Waals surface area contributed by atoms with Crippen molar-refractivity contribution in [2.24, 2.45) is 0 Å². The molecule has 0 amide bonds. The molecule has 0 aliphatic rings. The molecule has 0 fully saturated rings. The van der Waals surface area contributed by atoms with Gasteiger partial charge in [0.25, 0.3) is 0 Å². The third kappa shape index (κ3) is 39.5. The zero-order valence-electron chi connectivity index (χ0n) is 30.9. The van der Waals surface area contributed by atoms with Crippen molar-refractivity contribution in [3.63, 3.8) is 0 Å². The number of hydrogen-bond acceptors (Lipinski definition) is 10. The van der Waals surface area contributed by atoms with E-state index in [0.717, 1.165) is 38.5 Å². The minimum Gasteiger partial charge on any atom is -0.748 e. The molecule has 0 heterocycles. The predicted molar refractivity (Wildman–Crippen MR) is 180 cm³/mol. The second-order valence-corrected chi connectivity index (χ2v) is 15.7. The molecule has 0 bridgehead atoms. The summed E-state index contributed by atoms with van der Waals surface area (Å²) < 4.78 is 78.6. The first-order chi connectivity index (χ1) is 21.9. The monoisotopic (exact) mass is 742 g/mol. The van der Waals surface area contributed by atoms with Gasteiger partial charge in [-0.25, -0.2) is 16.8 Å². The topological polar surface area (TPSA) is 167 Å². The maximum absolute atomic E-state index is 12.3. The van der Waals surface area contributed by atoms with Crippen LogP contribution < -0.4 is 59.1 Å². The van der Waals surface area contributed by atoms with Crippen LogP contribution in [0.15, 0.2) is 0 Å². The zero-order chi connectivity index (χ0) is 34.5. The molecular weight excluding hydrogens is 678 g/mol. The van der Waals surface area contributed by atoms with Crippen molar-refractivity contribution in [3.05, 3.63) is 0 Å². The fourth-order valence-corrected chi connectivity index (χ4v) is 6.94. The summed E-state index contributed by atoms with van der Waals surface area (Å²) >= 11 is 0. The van der Waals surface area contributed by atoms with E-state index in [9.17, 15) is 35.5 Å². The van der Waals surface area contributed by atoms with E-state index in [4.69, 9.17) is 9.47 Å². The van der Waals surface area contributed by atoms with Crippen LogP contribution in [0.25, 0.3) is 0 Å². The smallest absolute Gasteiger partial charge is 0.748 e. The first-order valence-corrected chi connectivity index (χ1v) is 21.3. The van der Waals surface area contributed by atoms with Crippen molar-refractivity contribution in [1.82, 2.24) is 0 Å². The summed E-state index contributed by atoms with van der Waals surface area (Å²) in [5.41, 5.74) is 0. The summed E-state index contributed by atoms with van der Waals surface area (Å²) in [5.74, 6) is -2.78. The van der Waals surface area contributed by atoms with Gasteiger partial charge in [0.05, 0.1) is 31.7 Å². The number of carbonyl (C=O) groups is 2. The minimum absolute atomic E-state index is 0. The van der Waals surface area contributed by atoms with Gasteiger partial charge in [-0.1, -0.05) is 129 Å². The van der Waals surface area contributed by atoms with Gasteiger partial charge in [0.15, 0.2) is 0 Å². The van der Waals surface area contributed by atoms with Crippen LogP contribution in [0.4, 0.5) is 0 Å². The number of carbonyl (C=O) groups excluding carboxylic acids is 2. The molecule has 0 radical (unpaired) electrons. The Hall–Kier alpha value is 0.760. The summed E-state index contributed by atoms with van der Waals surface area (Å²) in [6.45, 7) is 4.38. The number of rotatable bonds is 33. The van der Waals surface area contributed by atoms with Crippen LogP contribution in [0.5, 0.6) is 0 Å². The van der Waals surface area contributed by atoms with Gasteiger partial charge < -0.3 is 18.6 Å². The molecule has 14 heteroatoms. The van der Waals surface area contributed by atoms with Crippen molar-refractivity contribution in [3.8, 4) is 0 Å². The van der Waals surface area contributed by atoms with Gasteiger partial charge in [0.2, 0.25) is 0 Å². The van der Waals surface area contributed by atoms with Crippen molar-refractivity contribution in [1.29, 1.82) is 0 Å². The van der Waals surface area contributed by atoms with Crippen LogP contribution in [0, 0.1) is 0 Å². The molecular formula is C34H64Na2O10S2. The largest absolute Gasteiger partial charge is 1.00 e. The van der Waals surface area contributed by atoms with E-state index < -0.39 is 55.9 Å². The molecule has 10 nitrogen and oxygen atoms in total. The second-order valence-electron chi connectivity index (χ2n) is 12.8. The van der Waals surface area contributed by atoms with Crippen LogP contribution in [-0.4, -0.2) is 61.6 Å². The molecule has 274 valence electrons. The Balaban J connectivity index is -0.0000101. The van der Waals surface area contributed by atoms with Crippen molar-refractivity contribution in [2.45, 2.75) is 193 Å². The Morgan fingerprint density at radius 3 is 0.958 bits per heavy atom. The number of ether oxygens (including phenoxy) is 2. The van der Waals surface area contributed by atoms with Crippen LogP contribution in [0.1, 0.15) is 181 Å². The van der Waals surface area contributed by atoms with Crippen molar-refractivity contribution < 1.29 is 104 Å². The molecule has 0 rings (SSSR count). The molecule has 0 aromatic rings. The second kappa shape index (κ2) is 34.8. The van der Waals surface area contributed by atoms with Crippen LogP contribution >= 0.6 is 0 Å². The van der Waals surface area contributed by atoms with Gasteiger partial charge in [-0.15, -0.1) is 0 Å². The van der Waals surface area contributed by atoms with E-state index >= 15 is 0 Å². The Bertz CT molecular complexity index is 900. The van der Waals surface area contributed by atoms with E-state index in [0.29, 0.717) is 25.7 Å². The molecule has 2 atom stereocenters. The van der Waals surface area contributed by atoms with Crippen molar-refractivity contribution >= 4 is 32.2 Å². The number of esters is 2. The molecule has 0 aliphatic heterocycles. The van der Waals surface area contributed by atoms with Crippen LogP contribution in [0.3, 0.4) is 0 Å². The van der Waals surface area contributed by atoms with Gasteiger partial charge >= 0.3 is 71.1 Å². The summed E-state index contributed by atoms with van der Waals surface area (Å²) in [4.78, 5) is 24.7. The first-order valence-electron chi connectivity index (χ1n) is 18.1. The maximum atomic E-state index is 12.3. The Kier molecular flexibility index (Phi) is 38.5. The Morgan fingerprint density at radius 1 is 0.458 bits per heavy atom. The van der Waals surface area contributed by atoms with Crippen LogP contribution in [0.2, 0.25) is 0 Å². The van der Waals surface area contributed by atoms with Gasteiger partial charge in [0.1, 0.15) is 12.2 Å². The third-order valence-electron chi connectivity index (χ3n) is 8.15. The molecule has 2 unspecified atom stereocenters. The molecule has 48 heavy (non-hydrogen) atoms. The summed E-state index contributed by atoms with van der Waals surface area (Å²) in [6, 6.07) is 0. The molecule has 0 saturated carbocycles. The van der Waals surface area contributed by atoms with E-state index in [1.165, 1.54) is 77.0 Å². The summed E-state index contributed by atoms with van der Waals surface area (Å²) in [6.07, 6.45) is 21.1. The molecule has 0 aromatic heterocycles. The summed E-state index contributed by atoms with van der Waals surface area (Å²) in [7, 11) is -9.13. The van der Waals surface area contributed by atoms with Crippen molar-refractivity contribution in [2.75, 3.05) is 11.5 Å². The predicted octanol–water partition coefficient (Wildman–Crippen LogP) is 2.09. The zero-order valence-corrected chi connectivity index (χ0v) is 36.5. The average molecular weight is 743 g/mol. The maximum Gasteiger partial charge on any atom is 1.00 e. The molecule has 0 aromatic carbocycles. The molecule has 0 N–H and O–H groups in total. The molecule has 0 spiro atoms. The van der Waals surface area contributed by atoms with Gasteiger partial charge in [-0.3, -0.25) is 9.59 Å². The summed E-state index contributed by atoms with van der Waals surface area (Å²) in [5, 5.41) is 0. The van der Waals surface area contributed by atoms with Gasteiger partial charge in [0, 0.05) is 12.8 Å². The normalized spacial score (nSPS) is 12.8. The quantitative estimate of drug-likeness (QED) is 0.0421. The average Bonchev–Trinajstić information content (AvgIpc) is 2.95. The Labute approximate surface area is 337 Å². The van der Waals surface area contributed by atoms with Gasteiger partial charge in [-0.2, -0.15) is 0 Å².